The summed E-state index contributed by atoms with van der Waals surface area (Å²) in [5.41, 5.74) is 6.13. The van der Waals surface area contributed by atoms with Gasteiger partial charge in [-0.05, 0) is 37.6 Å². The molecular formula is C17H31ClN2O2. The average Bonchev–Trinajstić information content (AvgIpc) is 2.55. The van der Waals surface area contributed by atoms with E-state index in [0.717, 1.165) is 32.2 Å². The predicted octanol–water partition coefficient (Wildman–Crippen LogP) is 2.88. The molecular weight excluding hydrogens is 300 g/mol. The molecule has 0 aromatic heterocycles. The molecule has 3 fully saturated rings. The summed E-state index contributed by atoms with van der Waals surface area (Å²) in [7, 11) is 0. The first-order valence-electron chi connectivity index (χ1n) is 8.85. The number of ether oxygens (including phenoxy) is 1. The first kappa shape index (κ1) is 18.0. The van der Waals surface area contributed by atoms with E-state index in [0.29, 0.717) is 31.5 Å². The van der Waals surface area contributed by atoms with Crippen LogP contribution in [0.5, 0.6) is 0 Å². The highest BCUT2D eigenvalue weighted by atomic mass is 35.5. The number of carbonyl (C=O) groups is 1. The number of nitrogens with zero attached hydrogens (tertiary/aromatic N) is 1. The second-order valence-corrected chi connectivity index (χ2v) is 7.29. The SMILES string of the molecule is Cl.NCC1(CC(=O)N2CCOC3CCCCC32)CCCCC1. The van der Waals surface area contributed by atoms with E-state index in [-0.39, 0.29) is 23.9 Å². The molecule has 0 bridgehead atoms. The molecule has 2 atom stereocenters. The van der Waals surface area contributed by atoms with E-state index in [1.807, 2.05) is 0 Å². The Morgan fingerprint density at radius 3 is 2.59 bits per heavy atom. The van der Waals surface area contributed by atoms with E-state index in [1.165, 1.54) is 32.1 Å². The Balaban J connectivity index is 0.00000176. The fraction of sp³-hybridized carbons (Fsp3) is 0.941. The normalized spacial score (nSPS) is 31.0. The quantitative estimate of drug-likeness (QED) is 0.865. The summed E-state index contributed by atoms with van der Waals surface area (Å²) in [5.74, 6) is 0.336. The van der Waals surface area contributed by atoms with Crippen molar-refractivity contribution in [1.29, 1.82) is 0 Å². The zero-order chi connectivity index (χ0) is 14.7. The van der Waals surface area contributed by atoms with Crippen molar-refractivity contribution in [1.82, 2.24) is 4.90 Å². The van der Waals surface area contributed by atoms with Gasteiger partial charge in [0.15, 0.2) is 0 Å². The number of nitrogens with two attached hydrogens (primary N) is 1. The molecule has 0 radical (unpaired) electrons. The fourth-order valence-corrected chi connectivity index (χ4v) is 4.58. The standard InChI is InChI=1S/C17H30N2O2.ClH/c18-13-17(8-4-1-5-9-17)12-16(20)19-10-11-21-15-7-3-2-6-14(15)19;/h14-15H,1-13,18H2;1H. The van der Waals surface area contributed by atoms with Crippen molar-refractivity contribution in [2.24, 2.45) is 11.1 Å². The van der Waals surface area contributed by atoms with Gasteiger partial charge in [-0.1, -0.05) is 32.1 Å². The highest BCUT2D eigenvalue weighted by Crippen LogP contribution is 2.39. The van der Waals surface area contributed by atoms with Gasteiger partial charge in [0.1, 0.15) is 0 Å². The number of carbonyl (C=O) groups excluding carboxylic acids is 1. The van der Waals surface area contributed by atoms with E-state index >= 15 is 0 Å². The van der Waals surface area contributed by atoms with Crippen molar-refractivity contribution in [3.8, 4) is 0 Å². The summed E-state index contributed by atoms with van der Waals surface area (Å²) >= 11 is 0. The van der Waals surface area contributed by atoms with Crippen molar-refractivity contribution >= 4 is 18.3 Å². The third kappa shape index (κ3) is 3.77. The molecule has 22 heavy (non-hydrogen) atoms. The van der Waals surface area contributed by atoms with Crippen LogP contribution in [0.4, 0.5) is 0 Å². The average molecular weight is 331 g/mol. The van der Waals surface area contributed by atoms with Gasteiger partial charge in [0, 0.05) is 13.0 Å². The molecule has 0 aromatic carbocycles. The van der Waals surface area contributed by atoms with Crippen molar-refractivity contribution in [2.45, 2.75) is 76.4 Å². The van der Waals surface area contributed by atoms with Gasteiger partial charge in [0.05, 0.1) is 18.8 Å². The molecule has 4 nitrogen and oxygen atoms in total. The molecule has 1 amide bonds. The zero-order valence-corrected chi connectivity index (χ0v) is 14.4. The molecule has 3 rings (SSSR count). The molecule has 128 valence electrons. The van der Waals surface area contributed by atoms with Gasteiger partial charge in [-0.15, -0.1) is 12.4 Å². The summed E-state index contributed by atoms with van der Waals surface area (Å²) in [5, 5.41) is 0. The van der Waals surface area contributed by atoms with E-state index in [2.05, 4.69) is 4.90 Å². The second-order valence-electron chi connectivity index (χ2n) is 7.29. The number of rotatable bonds is 3. The van der Waals surface area contributed by atoms with Crippen molar-refractivity contribution < 1.29 is 9.53 Å². The van der Waals surface area contributed by atoms with Crippen LogP contribution < -0.4 is 5.73 Å². The highest BCUT2D eigenvalue weighted by Gasteiger charge is 2.40. The lowest BCUT2D eigenvalue weighted by molar-refractivity contribution is -0.152. The molecule has 0 aromatic rings. The third-order valence-electron chi connectivity index (χ3n) is 5.93. The Labute approximate surface area is 140 Å². The molecule has 2 unspecified atom stereocenters. The zero-order valence-electron chi connectivity index (χ0n) is 13.6. The number of morpholine rings is 1. The minimum atomic E-state index is 0. The Bertz CT molecular complexity index is 370. The molecule has 2 aliphatic carbocycles. The first-order valence-corrected chi connectivity index (χ1v) is 8.85. The van der Waals surface area contributed by atoms with Crippen LogP contribution >= 0.6 is 12.4 Å². The highest BCUT2D eigenvalue weighted by molar-refractivity contribution is 5.85. The van der Waals surface area contributed by atoms with Crippen LogP contribution in [0, 0.1) is 5.41 Å². The van der Waals surface area contributed by atoms with Gasteiger partial charge in [-0.25, -0.2) is 0 Å². The lowest BCUT2D eigenvalue weighted by Gasteiger charge is -2.45. The van der Waals surface area contributed by atoms with Crippen LogP contribution in [-0.2, 0) is 9.53 Å². The van der Waals surface area contributed by atoms with Crippen LogP contribution in [0.15, 0.2) is 0 Å². The van der Waals surface area contributed by atoms with Crippen LogP contribution in [0.2, 0.25) is 0 Å². The van der Waals surface area contributed by atoms with E-state index in [1.54, 1.807) is 0 Å². The van der Waals surface area contributed by atoms with Gasteiger partial charge in [-0.3, -0.25) is 4.79 Å². The topological polar surface area (TPSA) is 55.6 Å². The number of halogens is 1. The molecule has 1 aliphatic heterocycles. The van der Waals surface area contributed by atoms with Crippen molar-refractivity contribution in [3.63, 3.8) is 0 Å². The number of amides is 1. The monoisotopic (exact) mass is 330 g/mol. The van der Waals surface area contributed by atoms with E-state index in [9.17, 15) is 4.79 Å². The molecule has 3 aliphatic rings. The largest absolute Gasteiger partial charge is 0.374 e. The van der Waals surface area contributed by atoms with Crippen LogP contribution in [0.3, 0.4) is 0 Å². The summed E-state index contributed by atoms with van der Waals surface area (Å²) in [4.78, 5) is 15.0. The molecule has 0 spiro atoms. The van der Waals surface area contributed by atoms with Gasteiger partial charge >= 0.3 is 0 Å². The van der Waals surface area contributed by atoms with Gasteiger partial charge in [-0.2, -0.15) is 0 Å². The minimum Gasteiger partial charge on any atom is -0.374 e. The number of hydrogen-bond acceptors (Lipinski definition) is 3. The van der Waals surface area contributed by atoms with Gasteiger partial charge in [0.2, 0.25) is 5.91 Å². The summed E-state index contributed by atoms with van der Waals surface area (Å²) in [6.45, 7) is 2.15. The lowest BCUT2D eigenvalue weighted by Crippen LogP contribution is -2.55. The molecule has 2 N–H and O–H groups in total. The third-order valence-corrected chi connectivity index (χ3v) is 5.93. The van der Waals surface area contributed by atoms with Gasteiger partial charge in [0.25, 0.3) is 0 Å². The molecule has 1 heterocycles. The second kappa shape index (κ2) is 7.98. The number of hydrogen-bond donors (Lipinski definition) is 1. The maximum absolute atomic E-state index is 12.9. The molecule has 2 saturated carbocycles. The number of fused-ring (bicyclic) bond motifs is 1. The minimum absolute atomic E-state index is 0. The van der Waals surface area contributed by atoms with E-state index in [4.69, 9.17) is 10.5 Å². The van der Waals surface area contributed by atoms with E-state index < -0.39 is 0 Å². The Morgan fingerprint density at radius 2 is 1.86 bits per heavy atom. The maximum atomic E-state index is 12.9. The predicted molar refractivity (Wildman–Crippen MR) is 90.1 cm³/mol. The Kier molecular flexibility index (Phi) is 6.54. The van der Waals surface area contributed by atoms with Gasteiger partial charge < -0.3 is 15.4 Å². The fourth-order valence-electron chi connectivity index (χ4n) is 4.58. The van der Waals surface area contributed by atoms with Crippen LogP contribution in [-0.4, -0.2) is 42.6 Å². The van der Waals surface area contributed by atoms with Crippen molar-refractivity contribution in [2.75, 3.05) is 19.7 Å². The Morgan fingerprint density at radius 1 is 1.14 bits per heavy atom. The summed E-state index contributed by atoms with van der Waals surface area (Å²) in [6.07, 6.45) is 11.7. The molecule has 5 heteroatoms. The smallest absolute Gasteiger partial charge is 0.223 e. The summed E-state index contributed by atoms with van der Waals surface area (Å²) < 4.78 is 5.89. The lowest BCUT2D eigenvalue weighted by atomic mass is 9.71. The summed E-state index contributed by atoms with van der Waals surface area (Å²) in [6, 6.07) is 0.332. The van der Waals surface area contributed by atoms with Crippen LogP contribution in [0.25, 0.3) is 0 Å². The maximum Gasteiger partial charge on any atom is 0.223 e. The van der Waals surface area contributed by atoms with Crippen molar-refractivity contribution in [3.05, 3.63) is 0 Å². The molecule has 1 saturated heterocycles. The van der Waals surface area contributed by atoms with Crippen LogP contribution in [0.1, 0.15) is 64.2 Å². The first-order chi connectivity index (χ1) is 10.2. The Hall–Kier alpha value is -0.320.